The zero-order valence-electron chi connectivity index (χ0n) is 20.6. The van der Waals surface area contributed by atoms with E-state index >= 15 is 0 Å². The fraction of sp³-hybridized carbons (Fsp3) is 0.708. The van der Waals surface area contributed by atoms with Gasteiger partial charge in [0.25, 0.3) is 0 Å². The minimum Gasteiger partial charge on any atom is -0.467 e. The predicted octanol–water partition coefficient (Wildman–Crippen LogP) is 1.18. The number of ether oxygens (including phenoxy) is 2. The standard InChI is InChI=1S/C24H37N3O7/c1-5-34-20(29)13-7-6-10-17(26-14-9-12-19(26)28)22(30)25-21(16(2)3)23(31)27-15-8-11-18(27)24(32)33-4/h7,13,16-18,21H,5-6,8-12,14-15H2,1-4H3,(H,25,30)/b13-7+/t17-,18-,21-/m0/s1. The zero-order chi connectivity index (χ0) is 25.3. The van der Waals surface area contributed by atoms with Crippen molar-refractivity contribution in [2.75, 3.05) is 26.8 Å². The van der Waals surface area contributed by atoms with E-state index in [1.54, 1.807) is 17.9 Å². The van der Waals surface area contributed by atoms with E-state index < -0.39 is 36.0 Å². The summed E-state index contributed by atoms with van der Waals surface area (Å²) >= 11 is 0. The molecule has 3 atom stereocenters. The summed E-state index contributed by atoms with van der Waals surface area (Å²) in [5.74, 6) is -2.00. The van der Waals surface area contributed by atoms with E-state index in [1.807, 2.05) is 13.8 Å². The molecule has 0 bridgehead atoms. The van der Waals surface area contributed by atoms with Gasteiger partial charge in [0, 0.05) is 25.6 Å². The van der Waals surface area contributed by atoms with Crippen LogP contribution in [0.5, 0.6) is 0 Å². The highest BCUT2D eigenvalue weighted by Crippen LogP contribution is 2.22. The molecule has 2 rings (SSSR count). The van der Waals surface area contributed by atoms with Gasteiger partial charge in [0.15, 0.2) is 0 Å². The van der Waals surface area contributed by atoms with E-state index in [4.69, 9.17) is 9.47 Å². The van der Waals surface area contributed by atoms with Crippen LogP contribution < -0.4 is 5.32 Å². The first-order valence-corrected chi connectivity index (χ1v) is 12.0. The van der Waals surface area contributed by atoms with Crippen LogP contribution in [-0.2, 0) is 33.4 Å². The number of allylic oxidation sites excluding steroid dienone is 1. The molecule has 2 heterocycles. The Bertz CT molecular complexity index is 795. The van der Waals surface area contributed by atoms with Crippen LogP contribution in [0.4, 0.5) is 0 Å². The molecule has 0 aromatic carbocycles. The molecule has 34 heavy (non-hydrogen) atoms. The first kappa shape index (κ1) is 27.3. The number of nitrogens with one attached hydrogen (secondary N) is 1. The van der Waals surface area contributed by atoms with Crippen molar-refractivity contribution < 1.29 is 33.4 Å². The Morgan fingerprint density at radius 1 is 1.18 bits per heavy atom. The predicted molar refractivity (Wildman–Crippen MR) is 123 cm³/mol. The number of carbonyl (C=O) groups is 5. The van der Waals surface area contributed by atoms with Crippen molar-refractivity contribution >= 4 is 29.7 Å². The molecule has 2 fully saturated rings. The maximum atomic E-state index is 13.3. The van der Waals surface area contributed by atoms with Gasteiger partial charge in [0.1, 0.15) is 18.1 Å². The van der Waals surface area contributed by atoms with Crippen LogP contribution in [0.3, 0.4) is 0 Å². The maximum absolute atomic E-state index is 13.3. The monoisotopic (exact) mass is 479 g/mol. The number of methoxy groups -OCH3 is 1. The summed E-state index contributed by atoms with van der Waals surface area (Å²) in [5.41, 5.74) is 0. The third kappa shape index (κ3) is 7.04. The molecule has 0 aromatic heterocycles. The molecule has 0 unspecified atom stereocenters. The van der Waals surface area contributed by atoms with Crippen LogP contribution >= 0.6 is 0 Å². The molecule has 10 heteroatoms. The second-order valence-corrected chi connectivity index (χ2v) is 8.88. The first-order valence-electron chi connectivity index (χ1n) is 12.0. The quantitative estimate of drug-likeness (QED) is 0.349. The fourth-order valence-electron chi connectivity index (χ4n) is 4.40. The molecule has 0 radical (unpaired) electrons. The van der Waals surface area contributed by atoms with Crippen molar-refractivity contribution in [2.24, 2.45) is 5.92 Å². The lowest BCUT2D eigenvalue weighted by atomic mass is 10.0. The number of likely N-dealkylation sites (tertiary alicyclic amines) is 2. The molecular formula is C24H37N3O7. The minimum absolute atomic E-state index is 0.104. The third-order valence-electron chi connectivity index (χ3n) is 6.18. The fourth-order valence-corrected chi connectivity index (χ4v) is 4.40. The van der Waals surface area contributed by atoms with Gasteiger partial charge < -0.3 is 24.6 Å². The summed E-state index contributed by atoms with van der Waals surface area (Å²) in [6.07, 6.45) is 5.88. The van der Waals surface area contributed by atoms with E-state index in [-0.39, 0.29) is 24.3 Å². The molecule has 0 aliphatic carbocycles. The van der Waals surface area contributed by atoms with Gasteiger partial charge in [-0.05, 0) is 44.9 Å². The average molecular weight is 480 g/mol. The van der Waals surface area contributed by atoms with E-state index in [9.17, 15) is 24.0 Å². The summed E-state index contributed by atoms with van der Waals surface area (Å²) in [6, 6.07) is -2.25. The maximum Gasteiger partial charge on any atom is 0.330 e. The van der Waals surface area contributed by atoms with Gasteiger partial charge in [-0.15, -0.1) is 0 Å². The normalized spacial score (nSPS) is 20.0. The molecular weight excluding hydrogens is 442 g/mol. The van der Waals surface area contributed by atoms with E-state index in [0.29, 0.717) is 51.6 Å². The second kappa shape index (κ2) is 13.1. The van der Waals surface area contributed by atoms with Gasteiger partial charge in [-0.3, -0.25) is 14.4 Å². The lowest BCUT2D eigenvalue weighted by Crippen LogP contribution is -2.57. The Balaban J connectivity index is 2.13. The molecule has 10 nitrogen and oxygen atoms in total. The average Bonchev–Trinajstić information content (AvgIpc) is 3.45. The van der Waals surface area contributed by atoms with Crippen LogP contribution in [0.2, 0.25) is 0 Å². The molecule has 3 amide bonds. The summed E-state index contributed by atoms with van der Waals surface area (Å²) < 4.78 is 9.69. The van der Waals surface area contributed by atoms with Crippen LogP contribution in [0, 0.1) is 5.92 Å². The molecule has 2 aliphatic heterocycles. The molecule has 0 aromatic rings. The number of hydrogen-bond donors (Lipinski definition) is 1. The smallest absolute Gasteiger partial charge is 0.330 e. The SMILES string of the molecule is CCOC(=O)/C=C/CC[C@@H](C(=O)N[C@H](C(=O)N1CCC[C@H]1C(=O)OC)C(C)C)N1CCCC1=O. The molecule has 0 saturated carbocycles. The summed E-state index contributed by atoms with van der Waals surface area (Å²) in [4.78, 5) is 65.7. The Morgan fingerprint density at radius 3 is 2.50 bits per heavy atom. The number of amides is 3. The molecule has 2 saturated heterocycles. The number of rotatable bonds is 11. The van der Waals surface area contributed by atoms with Crippen LogP contribution in [0.25, 0.3) is 0 Å². The number of esters is 2. The molecule has 0 spiro atoms. The Morgan fingerprint density at radius 2 is 1.91 bits per heavy atom. The van der Waals surface area contributed by atoms with Crippen molar-refractivity contribution in [3.05, 3.63) is 12.2 Å². The highest BCUT2D eigenvalue weighted by atomic mass is 16.5. The van der Waals surface area contributed by atoms with Gasteiger partial charge in [-0.2, -0.15) is 0 Å². The van der Waals surface area contributed by atoms with Gasteiger partial charge in [-0.25, -0.2) is 9.59 Å². The Hall–Kier alpha value is -2.91. The highest BCUT2D eigenvalue weighted by Gasteiger charge is 2.40. The number of nitrogens with zero attached hydrogens (tertiary/aromatic N) is 2. The van der Waals surface area contributed by atoms with Crippen molar-refractivity contribution in [1.29, 1.82) is 0 Å². The zero-order valence-corrected chi connectivity index (χ0v) is 20.6. The summed E-state index contributed by atoms with van der Waals surface area (Å²) in [6.45, 7) is 6.52. The highest BCUT2D eigenvalue weighted by molar-refractivity contribution is 5.94. The van der Waals surface area contributed by atoms with Gasteiger partial charge in [0.05, 0.1) is 13.7 Å². The topological polar surface area (TPSA) is 122 Å². The lowest BCUT2D eigenvalue weighted by molar-refractivity contribution is -0.152. The Labute approximate surface area is 201 Å². The van der Waals surface area contributed by atoms with Crippen LogP contribution in [0.15, 0.2) is 12.2 Å². The van der Waals surface area contributed by atoms with Crippen molar-refractivity contribution in [3.8, 4) is 0 Å². The molecule has 190 valence electrons. The van der Waals surface area contributed by atoms with Crippen LogP contribution in [-0.4, -0.2) is 84.4 Å². The third-order valence-corrected chi connectivity index (χ3v) is 6.18. The summed E-state index contributed by atoms with van der Waals surface area (Å²) in [7, 11) is 1.29. The molecule has 1 N–H and O–H groups in total. The first-order chi connectivity index (χ1) is 16.2. The van der Waals surface area contributed by atoms with Gasteiger partial charge >= 0.3 is 11.9 Å². The van der Waals surface area contributed by atoms with Crippen molar-refractivity contribution in [3.63, 3.8) is 0 Å². The summed E-state index contributed by atoms with van der Waals surface area (Å²) in [5, 5.41) is 2.85. The molecule has 2 aliphatic rings. The Kier molecular flexibility index (Phi) is 10.5. The van der Waals surface area contributed by atoms with E-state index in [0.717, 1.165) is 0 Å². The van der Waals surface area contributed by atoms with E-state index in [2.05, 4.69) is 5.32 Å². The van der Waals surface area contributed by atoms with E-state index in [1.165, 1.54) is 18.1 Å². The van der Waals surface area contributed by atoms with Crippen molar-refractivity contribution in [2.45, 2.75) is 77.4 Å². The number of carbonyl (C=O) groups excluding carboxylic acids is 5. The number of hydrogen-bond acceptors (Lipinski definition) is 7. The van der Waals surface area contributed by atoms with Gasteiger partial charge in [-0.1, -0.05) is 19.9 Å². The largest absolute Gasteiger partial charge is 0.467 e. The minimum atomic E-state index is -0.840. The van der Waals surface area contributed by atoms with Gasteiger partial charge in [0.2, 0.25) is 17.7 Å². The lowest BCUT2D eigenvalue weighted by Gasteiger charge is -2.32. The van der Waals surface area contributed by atoms with Crippen LogP contribution in [0.1, 0.15) is 59.3 Å². The van der Waals surface area contributed by atoms with Crippen molar-refractivity contribution in [1.82, 2.24) is 15.1 Å². The second-order valence-electron chi connectivity index (χ2n) is 8.88.